The highest BCUT2D eigenvalue weighted by Gasteiger charge is 2.53. The van der Waals surface area contributed by atoms with E-state index < -0.39 is 0 Å². The van der Waals surface area contributed by atoms with Crippen molar-refractivity contribution in [2.75, 3.05) is 13.1 Å². The molecule has 1 fully saturated rings. The van der Waals surface area contributed by atoms with Crippen LogP contribution in [-0.2, 0) is 28.8 Å². The maximum absolute atomic E-state index is 6.92. The minimum atomic E-state index is -0.282. The molecule has 3 unspecified atom stereocenters. The Balaban J connectivity index is 1.63. The number of hydrogen-bond donors (Lipinski definition) is 0. The monoisotopic (exact) mass is 400 g/mol. The Morgan fingerprint density at radius 3 is 2.73 bits per heavy atom. The highest BCUT2D eigenvalue weighted by Crippen LogP contribution is 2.54. The maximum atomic E-state index is 6.92. The molecule has 1 aromatic heterocycles. The van der Waals surface area contributed by atoms with Gasteiger partial charge in [-0.15, -0.1) is 0 Å². The van der Waals surface area contributed by atoms with Crippen LogP contribution in [0.2, 0.25) is 0 Å². The van der Waals surface area contributed by atoms with Crippen LogP contribution in [0.15, 0.2) is 48.5 Å². The number of aryl methyl sites for hydroxylation is 1. The van der Waals surface area contributed by atoms with Crippen LogP contribution in [0.3, 0.4) is 0 Å². The molecule has 0 radical (unpaired) electrons. The fourth-order valence-electron chi connectivity index (χ4n) is 6.87. The Morgan fingerprint density at radius 2 is 1.90 bits per heavy atom. The number of hydrogen-bond acceptors (Lipinski definition) is 2. The first-order valence-corrected chi connectivity index (χ1v) is 11.6. The third-order valence-electron chi connectivity index (χ3n) is 7.94. The van der Waals surface area contributed by atoms with Gasteiger partial charge in [-0.05, 0) is 69.8 Å². The molecule has 3 heteroatoms. The van der Waals surface area contributed by atoms with Crippen LogP contribution in [0, 0.1) is 6.92 Å². The van der Waals surface area contributed by atoms with Crippen LogP contribution in [0.25, 0.3) is 10.9 Å². The van der Waals surface area contributed by atoms with Crippen molar-refractivity contribution in [2.24, 2.45) is 0 Å². The van der Waals surface area contributed by atoms with Gasteiger partial charge in [-0.25, -0.2) is 0 Å². The summed E-state index contributed by atoms with van der Waals surface area (Å²) >= 11 is 0. The molecule has 1 saturated heterocycles. The molecule has 1 spiro atoms. The number of nitrogens with zero attached hydrogens (tertiary/aromatic N) is 2. The Morgan fingerprint density at radius 1 is 1.07 bits per heavy atom. The summed E-state index contributed by atoms with van der Waals surface area (Å²) < 4.78 is 9.55. The fourth-order valence-corrected chi connectivity index (χ4v) is 6.87. The van der Waals surface area contributed by atoms with Crippen molar-refractivity contribution >= 4 is 10.9 Å². The molecule has 3 nitrogen and oxygen atoms in total. The van der Waals surface area contributed by atoms with Crippen molar-refractivity contribution in [3.8, 4) is 0 Å². The van der Waals surface area contributed by atoms with Gasteiger partial charge in [0.05, 0.1) is 17.2 Å². The molecule has 3 aliphatic heterocycles. The molecular weight excluding hydrogens is 368 g/mol. The van der Waals surface area contributed by atoms with Crippen molar-refractivity contribution in [1.29, 1.82) is 0 Å². The van der Waals surface area contributed by atoms with Crippen molar-refractivity contribution in [1.82, 2.24) is 9.47 Å². The van der Waals surface area contributed by atoms with Gasteiger partial charge in [0.25, 0.3) is 0 Å². The highest BCUT2D eigenvalue weighted by molar-refractivity contribution is 5.87. The maximum Gasteiger partial charge on any atom is 0.0929 e. The SMILES string of the molecule is Cc1ccc2c(c1)c1c3n2CC(C)OC(C)(c2ccccc2)CC32CCCN2CC1. The van der Waals surface area contributed by atoms with Crippen molar-refractivity contribution in [2.45, 2.75) is 70.2 Å². The Hall–Kier alpha value is -2.10. The first kappa shape index (κ1) is 18.7. The summed E-state index contributed by atoms with van der Waals surface area (Å²) in [6, 6.07) is 18.0. The first-order chi connectivity index (χ1) is 14.5. The van der Waals surface area contributed by atoms with Crippen molar-refractivity contribution < 1.29 is 4.74 Å². The Bertz CT molecular complexity index is 1120. The molecule has 2 aromatic carbocycles. The van der Waals surface area contributed by atoms with Gasteiger partial charge in [0, 0.05) is 36.1 Å². The Labute approximate surface area is 179 Å². The molecule has 30 heavy (non-hydrogen) atoms. The average molecular weight is 401 g/mol. The van der Waals surface area contributed by atoms with E-state index in [1.165, 1.54) is 54.4 Å². The highest BCUT2D eigenvalue weighted by atomic mass is 16.5. The summed E-state index contributed by atoms with van der Waals surface area (Å²) in [5.41, 5.74) is 7.07. The third-order valence-corrected chi connectivity index (χ3v) is 7.94. The second kappa shape index (κ2) is 6.45. The van der Waals surface area contributed by atoms with E-state index >= 15 is 0 Å². The van der Waals surface area contributed by atoms with Gasteiger partial charge < -0.3 is 9.30 Å². The topological polar surface area (TPSA) is 17.4 Å². The van der Waals surface area contributed by atoms with Crippen molar-refractivity contribution in [3.05, 3.63) is 70.9 Å². The molecule has 3 atom stereocenters. The molecule has 0 bridgehead atoms. The molecular formula is C27H32N2O. The molecule has 3 aromatic rings. The van der Waals surface area contributed by atoms with Gasteiger partial charge in [-0.2, -0.15) is 0 Å². The summed E-state index contributed by atoms with van der Waals surface area (Å²) in [6.07, 6.45) is 4.86. The lowest BCUT2D eigenvalue weighted by atomic mass is 9.74. The Kier molecular flexibility index (Phi) is 4.01. The standard InChI is InChI=1S/C27H32N2O/c1-19-10-11-24-23(16-19)22-12-15-28-14-7-13-27(28)18-26(3,21-8-5-4-6-9-21)30-20(2)17-29(24)25(22)27/h4-6,8-11,16,20H,7,12-15,17-18H2,1-3H3. The van der Waals surface area contributed by atoms with Crippen LogP contribution in [0.4, 0.5) is 0 Å². The predicted molar refractivity (Wildman–Crippen MR) is 122 cm³/mol. The normalized spacial score (nSPS) is 31.2. The summed E-state index contributed by atoms with van der Waals surface area (Å²) in [6.45, 7) is 10.1. The molecule has 0 N–H and O–H groups in total. The van der Waals surface area contributed by atoms with E-state index in [-0.39, 0.29) is 17.2 Å². The fraction of sp³-hybridized carbons (Fsp3) is 0.481. The molecule has 156 valence electrons. The van der Waals surface area contributed by atoms with Gasteiger partial charge in [0.1, 0.15) is 0 Å². The minimum absolute atomic E-state index is 0.0746. The summed E-state index contributed by atoms with van der Waals surface area (Å²) in [5.74, 6) is 0. The van der Waals surface area contributed by atoms with Gasteiger partial charge in [0.2, 0.25) is 0 Å². The quantitative estimate of drug-likeness (QED) is 0.535. The van der Waals surface area contributed by atoms with Crippen LogP contribution in [-0.4, -0.2) is 28.7 Å². The second-order valence-corrected chi connectivity index (χ2v) is 10.0. The summed E-state index contributed by atoms with van der Waals surface area (Å²) in [7, 11) is 0. The van der Waals surface area contributed by atoms with Crippen LogP contribution >= 0.6 is 0 Å². The van der Waals surface area contributed by atoms with E-state index in [0.29, 0.717) is 0 Å². The van der Waals surface area contributed by atoms with Crippen LogP contribution in [0.1, 0.15) is 55.5 Å². The summed E-state index contributed by atoms with van der Waals surface area (Å²) in [5, 5.41) is 1.48. The lowest BCUT2D eigenvalue weighted by Crippen LogP contribution is -2.53. The molecule has 3 aliphatic rings. The number of aromatic nitrogens is 1. The van der Waals surface area contributed by atoms with Crippen molar-refractivity contribution in [3.63, 3.8) is 0 Å². The average Bonchev–Trinajstić information content (AvgIpc) is 3.27. The zero-order valence-corrected chi connectivity index (χ0v) is 18.4. The van der Waals surface area contributed by atoms with Gasteiger partial charge in [-0.1, -0.05) is 42.0 Å². The molecule has 0 amide bonds. The first-order valence-electron chi connectivity index (χ1n) is 11.6. The zero-order valence-electron chi connectivity index (χ0n) is 18.4. The number of ether oxygens (including phenoxy) is 1. The largest absolute Gasteiger partial charge is 0.366 e. The summed E-state index contributed by atoms with van der Waals surface area (Å²) in [4.78, 5) is 2.79. The molecule has 0 aliphatic carbocycles. The van der Waals surface area contributed by atoms with E-state index in [2.05, 4.69) is 78.8 Å². The third kappa shape index (κ3) is 2.52. The molecule has 0 saturated carbocycles. The minimum Gasteiger partial charge on any atom is -0.366 e. The van der Waals surface area contributed by atoms with Gasteiger partial charge >= 0.3 is 0 Å². The smallest absolute Gasteiger partial charge is 0.0929 e. The predicted octanol–water partition coefficient (Wildman–Crippen LogP) is 5.52. The van der Waals surface area contributed by atoms with E-state index in [1.807, 2.05) is 0 Å². The van der Waals surface area contributed by atoms with E-state index in [4.69, 9.17) is 4.74 Å². The molecule has 4 heterocycles. The number of fused-ring (bicyclic) bond motifs is 3. The van der Waals surface area contributed by atoms with Crippen LogP contribution in [0.5, 0.6) is 0 Å². The number of benzene rings is 2. The van der Waals surface area contributed by atoms with E-state index in [1.54, 1.807) is 11.3 Å². The second-order valence-electron chi connectivity index (χ2n) is 10.0. The van der Waals surface area contributed by atoms with Gasteiger partial charge in [-0.3, -0.25) is 4.90 Å². The lowest BCUT2D eigenvalue weighted by Gasteiger charge is -2.50. The van der Waals surface area contributed by atoms with Gasteiger partial charge in [0.15, 0.2) is 0 Å². The van der Waals surface area contributed by atoms with E-state index in [9.17, 15) is 0 Å². The zero-order chi connectivity index (χ0) is 20.5. The van der Waals surface area contributed by atoms with Crippen LogP contribution < -0.4 is 0 Å². The number of rotatable bonds is 1. The van der Waals surface area contributed by atoms with E-state index in [0.717, 1.165) is 13.0 Å². The molecule has 6 rings (SSSR count). The lowest BCUT2D eigenvalue weighted by molar-refractivity contribution is -0.126.